The van der Waals surface area contributed by atoms with Crippen molar-refractivity contribution in [1.82, 2.24) is 10.6 Å². The summed E-state index contributed by atoms with van der Waals surface area (Å²) in [7, 11) is 0. The first-order valence-electron chi connectivity index (χ1n) is 6.60. The van der Waals surface area contributed by atoms with E-state index in [0.29, 0.717) is 6.04 Å². The van der Waals surface area contributed by atoms with Crippen LogP contribution < -0.4 is 10.6 Å². The van der Waals surface area contributed by atoms with Crippen LogP contribution in [0.4, 0.5) is 0 Å². The quantitative estimate of drug-likeness (QED) is 0.798. The molecule has 4 heteroatoms. The Morgan fingerprint density at radius 3 is 2.61 bits per heavy atom. The average Bonchev–Trinajstić information content (AvgIpc) is 2.81. The SMILES string of the molecule is CCC(C)NC(=O)C(C)NC(C)Cc1ccsc1. The van der Waals surface area contributed by atoms with E-state index in [0.717, 1.165) is 12.8 Å². The van der Waals surface area contributed by atoms with Crippen LogP contribution >= 0.6 is 11.3 Å². The molecule has 0 saturated heterocycles. The van der Waals surface area contributed by atoms with Crippen molar-refractivity contribution in [3.8, 4) is 0 Å². The van der Waals surface area contributed by atoms with Gasteiger partial charge in [0, 0.05) is 12.1 Å². The van der Waals surface area contributed by atoms with Crippen molar-refractivity contribution in [2.75, 3.05) is 0 Å². The predicted octanol–water partition coefficient (Wildman–Crippen LogP) is 2.57. The molecule has 0 radical (unpaired) electrons. The molecular weight excluding hydrogens is 244 g/mol. The number of nitrogens with one attached hydrogen (secondary N) is 2. The van der Waals surface area contributed by atoms with Gasteiger partial charge in [-0.15, -0.1) is 0 Å². The van der Waals surface area contributed by atoms with Crippen LogP contribution in [-0.2, 0) is 11.2 Å². The minimum absolute atomic E-state index is 0.0847. The Morgan fingerprint density at radius 2 is 2.06 bits per heavy atom. The lowest BCUT2D eigenvalue weighted by Gasteiger charge is -2.21. The molecule has 3 nitrogen and oxygen atoms in total. The van der Waals surface area contributed by atoms with E-state index in [1.807, 2.05) is 13.8 Å². The Morgan fingerprint density at radius 1 is 1.33 bits per heavy atom. The Hall–Kier alpha value is -0.870. The van der Waals surface area contributed by atoms with Gasteiger partial charge in [-0.2, -0.15) is 11.3 Å². The van der Waals surface area contributed by atoms with Crippen molar-refractivity contribution in [2.24, 2.45) is 0 Å². The van der Waals surface area contributed by atoms with Gasteiger partial charge in [0.05, 0.1) is 6.04 Å². The maximum absolute atomic E-state index is 11.9. The molecule has 0 bridgehead atoms. The molecule has 1 aromatic rings. The minimum Gasteiger partial charge on any atom is -0.352 e. The van der Waals surface area contributed by atoms with E-state index in [4.69, 9.17) is 0 Å². The number of carbonyl (C=O) groups is 1. The topological polar surface area (TPSA) is 41.1 Å². The van der Waals surface area contributed by atoms with Crippen molar-refractivity contribution >= 4 is 17.2 Å². The zero-order chi connectivity index (χ0) is 13.5. The lowest BCUT2D eigenvalue weighted by Crippen LogP contribution is -2.48. The molecule has 1 aromatic heterocycles. The van der Waals surface area contributed by atoms with E-state index in [2.05, 4.69) is 41.3 Å². The zero-order valence-corrected chi connectivity index (χ0v) is 12.5. The van der Waals surface area contributed by atoms with Gasteiger partial charge in [-0.3, -0.25) is 4.79 Å². The monoisotopic (exact) mass is 268 g/mol. The van der Waals surface area contributed by atoms with Crippen LogP contribution in [-0.4, -0.2) is 24.0 Å². The van der Waals surface area contributed by atoms with Crippen molar-refractivity contribution in [2.45, 2.75) is 58.7 Å². The molecule has 0 aliphatic carbocycles. The van der Waals surface area contributed by atoms with Gasteiger partial charge >= 0.3 is 0 Å². The van der Waals surface area contributed by atoms with Crippen molar-refractivity contribution in [3.05, 3.63) is 22.4 Å². The standard InChI is InChI=1S/C14H24N2OS/c1-5-10(2)16-14(17)12(4)15-11(3)8-13-6-7-18-9-13/h6-7,9-12,15H,5,8H2,1-4H3,(H,16,17). The van der Waals surface area contributed by atoms with E-state index in [1.54, 1.807) is 11.3 Å². The summed E-state index contributed by atoms with van der Waals surface area (Å²) in [6.07, 6.45) is 1.92. The van der Waals surface area contributed by atoms with Crippen molar-refractivity contribution < 1.29 is 4.79 Å². The maximum atomic E-state index is 11.9. The van der Waals surface area contributed by atoms with E-state index in [1.165, 1.54) is 5.56 Å². The molecule has 2 N–H and O–H groups in total. The fourth-order valence-corrected chi connectivity index (χ4v) is 2.48. The van der Waals surface area contributed by atoms with Gasteiger partial charge in [-0.1, -0.05) is 6.92 Å². The van der Waals surface area contributed by atoms with E-state index in [9.17, 15) is 4.79 Å². The minimum atomic E-state index is -0.146. The second kappa shape index (κ2) is 7.54. The highest BCUT2D eigenvalue weighted by atomic mass is 32.1. The zero-order valence-electron chi connectivity index (χ0n) is 11.7. The number of thiophene rings is 1. The summed E-state index contributed by atoms with van der Waals surface area (Å²) < 4.78 is 0. The molecule has 0 aliphatic heterocycles. The largest absolute Gasteiger partial charge is 0.352 e. The van der Waals surface area contributed by atoms with Gasteiger partial charge in [0.15, 0.2) is 0 Å². The molecule has 3 atom stereocenters. The highest BCUT2D eigenvalue weighted by Gasteiger charge is 2.16. The lowest BCUT2D eigenvalue weighted by atomic mass is 10.1. The molecule has 0 aromatic carbocycles. The summed E-state index contributed by atoms with van der Waals surface area (Å²) >= 11 is 1.71. The van der Waals surface area contributed by atoms with Crippen molar-refractivity contribution in [1.29, 1.82) is 0 Å². The fraction of sp³-hybridized carbons (Fsp3) is 0.643. The first-order valence-corrected chi connectivity index (χ1v) is 7.54. The first-order chi connectivity index (χ1) is 8.52. The second-order valence-electron chi connectivity index (χ2n) is 4.94. The van der Waals surface area contributed by atoms with Crippen LogP contribution in [0.3, 0.4) is 0 Å². The smallest absolute Gasteiger partial charge is 0.237 e. The number of hydrogen-bond acceptors (Lipinski definition) is 3. The summed E-state index contributed by atoms with van der Waals surface area (Å²) in [4.78, 5) is 11.9. The molecule has 102 valence electrons. The number of rotatable bonds is 7. The summed E-state index contributed by atoms with van der Waals surface area (Å²) in [6.45, 7) is 8.13. The van der Waals surface area contributed by atoms with E-state index in [-0.39, 0.29) is 18.0 Å². The predicted molar refractivity (Wildman–Crippen MR) is 78.0 cm³/mol. The normalized spacial score (nSPS) is 16.0. The van der Waals surface area contributed by atoms with E-state index < -0.39 is 0 Å². The van der Waals surface area contributed by atoms with Gasteiger partial charge in [0.1, 0.15) is 0 Å². The summed E-state index contributed by atoms with van der Waals surface area (Å²) in [5, 5.41) is 10.6. The molecule has 0 spiro atoms. The Bertz CT molecular complexity index is 351. The maximum Gasteiger partial charge on any atom is 0.237 e. The second-order valence-corrected chi connectivity index (χ2v) is 5.72. The third-order valence-corrected chi connectivity index (χ3v) is 3.78. The van der Waals surface area contributed by atoms with Gasteiger partial charge in [-0.05, 0) is 56.0 Å². The Balaban J connectivity index is 2.34. The van der Waals surface area contributed by atoms with Gasteiger partial charge in [0.25, 0.3) is 0 Å². The molecule has 18 heavy (non-hydrogen) atoms. The molecule has 0 fully saturated rings. The Labute approximate surface area is 114 Å². The highest BCUT2D eigenvalue weighted by Crippen LogP contribution is 2.08. The molecule has 3 unspecified atom stereocenters. The first kappa shape index (κ1) is 15.2. The van der Waals surface area contributed by atoms with Crippen LogP contribution in [0.2, 0.25) is 0 Å². The van der Waals surface area contributed by atoms with E-state index >= 15 is 0 Å². The lowest BCUT2D eigenvalue weighted by molar-refractivity contribution is -0.123. The average molecular weight is 268 g/mol. The molecule has 0 saturated carbocycles. The van der Waals surface area contributed by atoms with Crippen LogP contribution in [0, 0.1) is 0 Å². The molecule has 1 rings (SSSR count). The van der Waals surface area contributed by atoms with Crippen LogP contribution in [0.1, 0.15) is 39.7 Å². The number of carbonyl (C=O) groups excluding carboxylic acids is 1. The van der Waals surface area contributed by atoms with Crippen molar-refractivity contribution in [3.63, 3.8) is 0 Å². The molecular formula is C14H24N2OS. The van der Waals surface area contributed by atoms with Crippen LogP contribution in [0.5, 0.6) is 0 Å². The Kier molecular flexibility index (Phi) is 6.36. The summed E-state index contributed by atoms with van der Waals surface area (Å²) in [5.74, 6) is 0.0847. The third kappa shape index (κ3) is 5.19. The summed E-state index contributed by atoms with van der Waals surface area (Å²) in [5.41, 5.74) is 1.33. The number of amides is 1. The highest BCUT2D eigenvalue weighted by molar-refractivity contribution is 7.07. The van der Waals surface area contributed by atoms with Crippen LogP contribution in [0.15, 0.2) is 16.8 Å². The molecule has 1 heterocycles. The van der Waals surface area contributed by atoms with Gasteiger partial charge in [-0.25, -0.2) is 0 Å². The molecule has 1 amide bonds. The number of hydrogen-bond donors (Lipinski definition) is 2. The fourth-order valence-electron chi connectivity index (χ4n) is 1.79. The summed E-state index contributed by atoms with van der Waals surface area (Å²) in [6, 6.07) is 2.53. The molecule has 0 aliphatic rings. The van der Waals surface area contributed by atoms with Gasteiger partial charge < -0.3 is 10.6 Å². The van der Waals surface area contributed by atoms with Crippen LogP contribution in [0.25, 0.3) is 0 Å². The third-order valence-electron chi connectivity index (χ3n) is 3.05. The van der Waals surface area contributed by atoms with Gasteiger partial charge in [0.2, 0.25) is 5.91 Å².